The average Bonchev–Trinajstić information content (AvgIpc) is 2.46. The molecular weight excluding hydrogens is 584 g/mol. The molecule has 0 heterocycles. The summed E-state index contributed by atoms with van der Waals surface area (Å²) >= 11 is 19.4. The third-order valence-corrected chi connectivity index (χ3v) is 40.2. The Kier molecular flexibility index (Phi) is 13.2. The second kappa shape index (κ2) is 12.3. The van der Waals surface area contributed by atoms with Gasteiger partial charge in [-0.3, -0.25) is 0 Å². The molecule has 0 aliphatic heterocycles. The van der Waals surface area contributed by atoms with Gasteiger partial charge in [-0.1, -0.05) is 0 Å². The minimum absolute atomic E-state index is 0.832. The summed E-state index contributed by atoms with van der Waals surface area (Å²) in [6.07, 6.45) is 0. The second-order valence-corrected chi connectivity index (χ2v) is 40.1. The Hall–Kier alpha value is 1.75. The van der Waals surface area contributed by atoms with E-state index in [9.17, 15) is 0 Å². The molecule has 146 valence electrons. The first-order valence-corrected chi connectivity index (χ1v) is 22.8. The van der Waals surface area contributed by atoms with Crippen LogP contribution in [0.1, 0.15) is 0 Å². The summed E-state index contributed by atoms with van der Waals surface area (Å²) in [6.45, 7) is 0. The fraction of sp³-hybridized carbons (Fsp3) is 0.667. The van der Waals surface area contributed by atoms with Crippen molar-refractivity contribution in [2.24, 2.45) is 0 Å². The summed E-state index contributed by atoms with van der Waals surface area (Å²) in [5.41, 5.74) is 0. The van der Waals surface area contributed by atoms with Crippen molar-refractivity contribution in [3.8, 4) is 0 Å². The van der Waals surface area contributed by atoms with E-state index in [1.165, 1.54) is 0 Å². The van der Waals surface area contributed by atoms with Gasteiger partial charge in [0, 0.05) is 0 Å². The quantitative estimate of drug-likeness (QED) is 0.341. The van der Waals surface area contributed by atoms with E-state index in [1.54, 1.807) is 36.0 Å². The Balaban J connectivity index is 5.89. The summed E-state index contributed by atoms with van der Waals surface area (Å²) in [4.78, 5) is 7.83. The summed E-state index contributed by atoms with van der Waals surface area (Å²) < 4.78 is 3.33. The van der Waals surface area contributed by atoms with Crippen LogP contribution in [0.5, 0.6) is 0 Å². The number of nitrogens with zero attached hydrogens (tertiary/aromatic N) is 4. The van der Waals surface area contributed by atoms with Crippen LogP contribution in [0.2, 0.25) is 0 Å². The van der Waals surface area contributed by atoms with Gasteiger partial charge in [0.25, 0.3) is 0 Å². The van der Waals surface area contributed by atoms with Gasteiger partial charge >= 0.3 is 191 Å². The molecular formula is C12H24N4S8Te. The van der Waals surface area contributed by atoms with E-state index in [2.05, 4.69) is 0 Å². The molecule has 0 amide bonds. The van der Waals surface area contributed by atoms with Crippen molar-refractivity contribution in [1.82, 2.24) is 19.6 Å². The molecule has 13 heteroatoms. The maximum atomic E-state index is 5.61. The van der Waals surface area contributed by atoms with Crippen LogP contribution in [-0.4, -0.2) is 106 Å². The third kappa shape index (κ3) is 10.2. The number of thiocarbonyl (C=S) groups is 4. The van der Waals surface area contributed by atoms with Gasteiger partial charge in [0.1, 0.15) is 0 Å². The zero-order valence-electron chi connectivity index (χ0n) is 15.5. The van der Waals surface area contributed by atoms with Gasteiger partial charge in [-0.05, 0) is 0 Å². The molecule has 0 aromatic rings. The van der Waals surface area contributed by atoms with E-state index in [0.717, 1.165) is 17.3 Å². The van der Waals surface area contributed by atoms with Crippen LogP contribution in [0.25, 0.3) is 0 Å². The fourth-order valence-electron chi connectivity index (χ4n) is 0.749. The van der Waals surface area contributed by atoms with Crippen molar-refractivity contribution in [3.05, 3.63) is 0 Å². The van der Waals surface area contributed by atoms with Crippen LogP contribution >= 0.6 is 84.8 Å². The van der Waals surface area contributed by atoms with Gasteiger partial charge in [0.15, 0.2) is 0 Å². The molecule has 0 spiro atoms. The molecule has 25 heavy (non-hydrogen) atoms. The number of hydrogen-bond donors (Lipinski definition) is 0. The van der Waals surface area contributed by atoms with Gasteiger partial charge in [0.05, 0.1) is 0 Å². The molecule has 0 aliphatic rings. The van der Waals surface area contributed by atoms with E-state index in [-0.39, 0.29) is 0 Å². The molecule has 0 aliphatic carbocycles. The summed E-state index contributed by atoms with van der Waals surface area (Å²) in [6, 6.07) is 0. The van der Waals surface area contributed by atoms with Crippen molar-refractivity contribution in [2.45, 2.75) is 0 Å². The van der Waals surface area contributed by atoms with Crippen LogP contribution in [0.15, 0.2) is 0 Å². The van der Waals surface area contributed by atoms with Crippen LogP contribution in [0.4, 0.5) is 0 Å². The van der Waals surface area contributed by atoms with Gasteiger partial charge in [0.2, 0.25) is 0 Å². The minimum atomic E-state index is -3.03. The van der Waals surface area contributed by atoms with Crippen LogP contribution in [0.3, 0.4) is 0 Å². The van der Waals surface area contributed by atoms with Crippen molar-refractivity contribution < 1.29 is 0 Å². The predicted octanol–water partition coefficient (Wildman–Crippen LogP) is 3.74. The zero-order valence-corrected chi connectivity index (χ0v) is 24.3. The van der Waals surface area contributed by atoms with Gasteiger partial charge in [-0.25, -0.2) is 0 Å². The van der Waals surface area contributed by atoms with Gasteiger partial charge in [-0.15, -0.1) is 0 Å². The van der Waals surface area contributed by atoms with Crippen LogP contribution in [0, 0.1) is 0 Å². The van der Waals surface area contributed by atoms with Gasteiger partial charge in [-0.2, -0.15) is 0 Å². The molecule has 0 N–H and O–H groups in total. The van der Waals surface area contributed by atoms with Crippen LogP contribution in [-0.2, 0) is 0 Å². The van der Waals surface area contributed by atoms with Crippen LogP contribution < -0.4 is 0 Å². The van der Waals surface area contributed by atoms with Gasteiger partial charge < -0.3 is 0 Å². The second-order valence-electron chi connectivity index (χ2n) is 5.38. The molecule has 0 unspecified atom stereocenters. The van der Waals surface area contributed by atoms with Crippen molar-refractivity contribution >= 4 is 115 Å². The molecule has 0 aromatic carbocycles. The van der Waals surface area contributed by atoms with Crippen molar-refractivity contribution in [1.29, 1.82) is 0 Å². The van der Waals surface area contributed by atoms with E-state index in [4.69, 9.17) is 48.9 Å². The molecule has 0 saturated carbocycles. The van der Waals surface area contributed by atoms with E-state index in [0.29, 0.717) is 0 Å². The van der Waals surface area contributed by atoms with E-state index < -0.39 is 12.7 Å². The Morgan fingerprint density at radius 3 is 0.760 bits per heavy atom. The monoisotopic (exact) mass is 610 g/mol. The Bertz CT molecular complexity index is 430. The summed E-state index contributed by atoms with van der Waals surface area (Å²) in [7, 11) is 22.6. The fourth-order valence-corrected chi connectivity index (χ4v) is 53.4. The predicted molar refractivity (Wildman–Crippen MR) is 141 cm³/mol. The normalized spacial score (nSPS) is 11.5. The topological polar surface area (TPSA) is 13.0 Å². The first-order chi connectivity index (χ1) is 11.3. The summed E-state index contributed by atoms with van der Waals surface area (Å²) in [5.74, 6) is 0. The molecule has 0 rings (SSSR count). The molecule has 0 bridgehead atoms. The number of rotatable bonds is 4. The number of hydrogen-bond acceptors (Lipinski definition) is 8. The van der Waals surface area contributed by atoms with E-state index in [1.807, 2.05) is 76.0 Å². The SMILES string of the molecule is CN(C)C(=S)S[Te](SC(=S)N(C)C)(SC(=S)N(C)C)SC(=S)N(C)C. The first-order valence-electron chi connectivity index (χ1n) is 6.77. The molecule has 0 radical (unpaired) electrons. The standard InChI is InChI=1S/C12H24N4S8Te/c1-13(2)9(17)21-25(22-10(18)14(3)4,23-11(19)15(5)6)24-12(20)16(7)8/h1-8H3. The Labute approximate surface area is 188 Å². The van der Waals surface area contributed by atoms with Crippen molar-refractivity contribution in [2.75, 3.05) is 56.4 Å². The maximum absolute atomic E-state index is 5.61. The molecule has 4 nitrogen and oxygen atoms in total. The zero-order chi connectivity index (χ0) is 19.9. The first kappa shape index (κ1) is 26.7. The Morgan fingerprint density at radius 1 is 0.480 bits per heavy atom. The Morgan fingerprint density at radius 2 is 0.640 bits per heavy atom. The molecule has 0 aromatic heterocycles. The molecule has 0 saturated heterocycles. The van der Waals surface area contributed by atoms with E-state index >= 15 is 0 Å². The van der Waals surface area contributed by atoms with Crippen molar-refractivity contribution in [3.63, 3.8) is 0 Å². The molecule has 0 atom stereocenters. The third-order valence-electron chi connectivity index (χ3n) is 2.15. The molecule has 0 fully saturated rings. The average molecular weight is 608 g/mol. The summed E-state index contributed by atoms with van der Waals surface area (Å²) in [5, 5.41) is 0.